The molecule has 1 aromatic carbocycles. The van der Waals surface area contributed by atoms with Crippen LogP contribution in [-0.4, -0.2) is 47.7 Å². The predicted octanol–water partition coefficient (Wildman–Crippen LogP) is 2.22. The number of benzene rings is 1. The number of aryl methyl sites for hydroxylation is 1. The van der Waals surface area contributed by atoms with Crippen LogP contribution in [-0.2, 0) is 10.0 Å². The molecule has 0 bridgehead atoms. The largest absolute Gasteiger partial charge is 0.474 e. The molecular weight excluding hydrogens is 354 g/mol. The molecule has 0 N–H and O–H groups in total. The first-order valence-electron chi connectivity index (χ1n) is 8.44. The summed E-state index contributed by atoms with van der Waals surface area (Å²) in [6.07, 6.45) is 2.75. The van der Waals surface area contributed by atoms with E-state index in [0.29, 0.717) is 43.2 Å². The predicted molar refractivity (Wildman–Crippen MR) is 95.6 cm³/mol. The Morgan fingerprint density at radius 1 is 1.15 bits per heavy atom. The quantitative estimate of drug-likeness (QED) is 0.745. The highest BCUT2D eigenvalue weighted by molar-refractivity contribution is 7.89. The first kappa shape index (κ1) is 18.5. The summed E-state index contributed by atoms with van der Waals surface area (Å²) in [6.45, 7) is 4.00. The summed E-state index contributed by atoms with van der Waals surface area (Å²) in [7, 11) is -3.57. The third-order valence-corrected chi connectivity index (χ3v) is 6.25. The van der Waals surface area contributed by atoms with E-state index in [4.69, 9.17) is 4.74 Å². The minimum absolute atomic E-state index is 0.0733. The van der Waals surface area contributed by atoms with E-state index in [-0.39, 0.29) is 16.8 Å². The molecule has 1 aliphatic rings. The van der Waals surface area contributed by atoms with Gasteiger partial charge in [-0.2, -0.15) is 9.29 Å². The zero-order chi connectivity index (χ0) is 18.7. The molecule has 1 aliphatic heterocycles. The number of carbonyl (C=O) groups excluding carboxylic acids is 1. The minimum atomic E-state index is -3.57. The first-order chi connectivity index (χ1) is 12.4. The third-order valence-electron chi connectivity index (χ3n) is 4.34. The van der Waals surface area contributed by atoms with Crippen molar-refractivity contribution in [1.29, 1.82) is 0 Å². The van der Waals surface area contributed by atoms with Gasteiger partial charge in [-0.25, -0.2) is 13.4 Å². The lowest BCUT2D eigenvalue weighted by atomic mass is 10.1. The molecule has 3 rings (SSSR count). The second kappa shape index (κ2) is 7.51. The molecule has 8 heteroatoms. The maximum absolute atomic E-state index is 12.8. The van der Waals surface area contributed by atoms with Crippen LogP contribution in [0.1, 0.15) is 35.9 Å². The minimum Gasteiger partial charge on any atom is -0.474 e. The lowest BCUT2D eigenvalue weighted by Gasteiger charge is -2.31. The van der Waals surface area contributed by atoms with E-state index in [2.05, 4.69) is 9.97 Å². The first-order valence-corrected chi connectivity index (χ1v) is 9.88. The third kappa shape index (κ3) is 4.08. The van der Waals surface area contributed by atoms with Gasteiger partial charge in [-0.05, 0) is 38.8 Å². The maximum atomic E-state index is 12.8. The van der Waals surface area contributed by atoms with Gasteiger partial charge in [0, 0.05) is 30.9 Å². The van der Waals surface area contributed by atoms with Crippen LogP contribution >= 0.6 is 0 Å². The van der Waals surface area contributed by atoms with Crippen LogP contribution in [0.5, 0.6) is 5.88 Å². The monoisotopic (exact) mass is 375 g/mol. The average molecular weight is 375 g/mol. The van der Waals surface area contributed by atoms with Gasteiger partial charge in [0.1, 0.15) is 11.9 Å². The van der Waals surface area contributed by atoms with Crippen LogP contribution in [0.25, 0.3) is 0 Å². The van der Waals surface area contributed by atoms with Crippen molar-refractivity contribution in [2.75, 3.05) is 13.1 Å². The molecule has 2 aromatic rings. The Morgan fingerprint density at radius 2 is 1.81 bits per heavy atom. The zero-order valence-corrected chi connectivity index (χ0v) is 15.6. The number of ether oxygens (including phenoxy) is 1. The van der Waals surface area contributed by atoms with Gasteiger partial charge in [-0.1, -0.05) is 12.1 Å². The molecule has 2 heterocycles. The number of piperidine rings is 1. The van der Waals surface area contributed by atoms with E-state index in [1.54, 1.807) is 31.3 Å². The SMILES string of the molecule is CC(=O)c1ccc(S(=O)(=O)N2CCC(Oc3ccnc(C)n3)CC2)cc1. The summed E-state index contributed by atoms with van der Waals surface area (Å²) >= 11 is 0. The van der Waals surface area contributed by atoms with E-state index in [0.717, 1.165) is 0 Å². The summed E-state index contributed by atoms with van der Waals surface area (Å²) < 4.78 is 32.8. The molecule has 1 aromatic heterocycles. The highest BCUT2D eigenvalue weighted by Crippen LogP contribution is 2.23. The van der Waals surface area contributed by atoms with E-state index < -0.39 is 10.0 Å². The Bertz CT molecular complexity index is 889. The maximum Gasteiger partial charge on any atom is 0.243 e. The zero-order valence-electron chi connectivity index (χ0n) is 14.8. The van der Waals surface area contributed by atoms with Crippen molar-refractivity contribution in [3.63, 3.8) is 0 Å². The summed E-state index contributed by atoms with van der Waals surface area (Å²) in [5, 5.41) is 0. The van der Waals surface area contributed by atoms with Gasteiger partial charge in [0.15, 0.2) is 5.78 Å². The van der Waals surface area contributed by atoms with Gasteiger partial charge in [-0.3, -0.25) is 4.79 Å². The molecule has 1 fully saturated rings. The van der Waals surface area contributed by atoms with Crippen molar-refractivity contribution < 1.29 is 17.9 Å². The summed E-state index contributed by atoms with van der Waals surface area (Å²) in [6, 6.07) is 7.76. The molecule has 1 saturated heterocycles. The fourth-order valence-electron chi connectivity index (χ4n) is 2.87. The van der Waals surface area contributed by atoms with Crippen molar-refractivity contribution in [3.8, 4) is 5.88 Å². The van der Waals surface area contributed by atoms with E-state index in [9.17, 15) is 13.2 Å². The number of nitrogens with zero attached hydrogens (tertiary/aromatic N) is 3. The highest BCUT2D eigenvalue weighted by Gasteiger charge is 2.30. The fourth-order valence-corrected chi connectivity index (χ4v) is 4.34. The number of hydrogen-bond donors (Lipinski definition) is 0. The standard InChI is InChI=1S/C18H21N3O4S/c1-13(22)15-3-5-17(6-4-15)26(23,24)21-11-8-16(9-12-21)25-18-7-10-19-14(2)20-18/h3-7,10,16H,8-9,11-12H2,1-2H3. The van der Waals surface area contributed by atoms with Crippen LogP contribution in [0.2, 0.25) is 0 Å². The Morgan fingerprint density at radius 3 is 2.38 bits per heavy atom. The molecule has 0 saturated carbocycles. The van der Waals surface area contributed by atoms with Gasteiger partial charge >= 0.3 is 0 Å². The van der Waals surface area contributed by atoms with Crippen LogP contribution in [0.15, 0.2) is 41.4 Å². The summed E-state index contributed by atoms with van der Waals surface area (Å²) in [5.41, 5.74) is 0.496. The summed E-state index contributed by atoms with van der Waals surface area (Å²) in [5.74, 6) is 1.06. The second-order valence-corrected chi connectivity index (χ2v) is 8.18. The number of ketones is 1. The number of Topliss-reactive ketones (excluding diaryl/α,β-unsaturated/α-hetero) is 1. The molecule has 0 spiro atoms. The van der Waals surface area contributed by atoms with Crippen molar-refractivity contribution in [2.24, 2.45) is 0 Å². The van der Waals surface area contributed by atoms with Crippen LogP contribution in [0.3, 0.4) is 0 Å². The number of sulfonamides is 1. The Balaban J connectivity index is 1.64. The molecule has 0 atom stereocenters. The molecule has 0 unspecified atom stereocenters. The Kier molecular flexibility index (Phi) is 5.33. The average Bonchev–Trinajstić information content (AvgIpc) is 2.62. The topological polar surface area (TPSA) is 89.5 Å². The molecule has 0 radical (unpaired) electrons. The molecule has 7 nitrogen and oxygen atoms in total. The normalized spacial score (nSPS) is 16.4. The van der Waals surface area contributed by atoms with Crippen LogP contribution in [0, 0.1) is 6.92 Å². The smallest absolute Gasteiger partial charge is 0.243 e. The molecule has 138 valence electrons. The van der Waals surface area contributed by atoms with Crippen LogP contribution < -0.4 is 4.74 Å². The van der Waals surface area contributed by atoms with Crippen molar-refractivity contribution in [1.82, 2.24) is 14.3 Å². The Labute approximate surface area is 153 Å². The molecule has 0 aliphatic carbocycles. The number of carbonyl (C=O) groups is 1. The van der Waals surface area contributed by atoms with E-state index in [1.807, 2.05) is 0 Å². The van der Waals surface area contributed by atoms with Crippen molar-refractivity contribution in [3.05, 3.63) is 47.9 Å². The van der Waals surface area contributed by atoms with Crippen LogP contribution in [0.4, 0.5) is 0 Å². The Hall–Kier alpha value is -2.32. The fraction of sp³-hybridized carbons (Fsp3) is 0.389. The van der Waals surface area contributed by atoms with Gasteiger partial charge < -0.3 is 4.74 Å². The van der Waals surface area contributed by atoms with Crippen molar-refractivity contribution >= 4 is 15.8 Å². The van der Waals surface area contributed by atoms with Crippen molar-refractivity contribution in [2.45, 2.75) is 37.7 Å². The number of hydrogen-bond acceptors (Lipinski definition) is 6. The lowest BCUT2D eigenvalue weighted by molar-refractivity contribution is 0.101. The molecular formula is C18H21N3O4S. The number of aromatic nitrogens is 2. The molecule has 26 heavy (non-hydrogen) atoms. The second-order valence-electron chi connectivity index (χ2n) is 6.24. The van der Waals surface area contributed by atoms with Gasteiger partial charge in [0.25, 0.3) is 0 Å². The van der Waals surface area contributed by atoms with Gasteiger partial charge in [0.2, 0.25) is 15.9 Å². The lowest BCUT2D eigenvalue weighted by Crippen LogP contribution is -2.41. The number of rotatable bonds is 5. The van der Waals surface area contributed by atoms with E-state index in [1.165, 1.54) is 23.4 Å². The molecule has 0 amide bonds. The van der Waals surface area contributed by atoms with E-state index >= 15 is 0 Å². The highest BCUT2D eigenvalue weighted by atomic mass is 32.2. The van der Waals surface area contributed by atoms with Gasteiger partial charge in [-0.15, -0.1) is 0 Å². The van der Waals surface area contributed by atoms with Gasteiger partial charge in [0.05, 0.1) is 4.90 Å². The summed E-state index contributed by atoms with van der Waals surface area (Å²) in [4.78, 5) is 19.8.